The number of benzene rings is 2. The van der Waals surface area contributed by atoms with Gasteiger partial charge in [0.1, 0.15) is 11.4 Å². The fraction of sp³-hybridized carbons (Fsp3) is 0.261. The summed E-state index contributed by atoms with van der Waals surface area (Å²) in [6, 6.07) is 11.9. The largest absolute Gasteiger partial charge is 0.384 e. The highest BCUT2D eigenvalue weighted by atomic mass is 32.2. The average Bonchev–Trinajstić information content (AvgIpc) is 2.72. The third kappa shape index (κ3) is 5.95. The van der Waals surface area contributed by atoms with Crippen LogP contribution in [0.15, 0.2) is 65.8 Å². The molecule has 0 aliphatic rings. The highest BCUT2D eigenvalue weighted by molar-refractivity contribution is 7.90. The Bertz CT molecular complexity index is 1190. The number of aliphatic hydroxyl groups is 1. The first-order chi connectivity index (χ1) is 14.9. The molecule has 3 aromatic rings. The molecule has 0 radical (unpaired) electrons. The summed E-state index contributed by atoms with van der Waals surface area (Å²) in [5.41, 5.74) is 0.527. The molecule has 3 rings (SSSR count). The maximum absolute atomic E-state index is 13.3. The summed E-state index contributed by atoms with van der Waals surface area (Å²) in [7, 11) is -3.37. The van der Waals surface area contributed by atoms with Gasteiger partial charge in [-0.2, -0.15) is 0 Å². The van der Waals surface area contributed by atoms with Crippen molar-refractivity contribution < 1.29 is 22.7 Å². The first-order valence-electron chi connectivity index (χ1n) is 9.84. The van der Waals surface area contributed by atoms with Crippen LogP contribution in [-0.2, 0) is 26.7 Å². The van der Waals surface area contributed by atoms with Crippen LogP contribution in [0.5, 0.6) is 0 Å². The molecule has 0 fully saturated rings. The van der Waals surface area contributed by atoms with E-state index in [0.717, 1.165) is 11.8 Å². The van der Waals surface area contributed by atoms with Crippen molar-refractivity contribution in [2.75, 3.05) is 11.6 Å². The van der Waals surface area contributed by atoms with Gasteiger partial charge >= 0.3 is 0 Å². The van der Waals surface area contributed by atoms with E-state index in [2.05, 4.69) is 15.3 Å². The van der Waals surface area contributed by atoms with Crippen molar-refractivity contribution in [3.05, 3.63) is 83.6 Å². The molecule has 1 heterocycles. The van der Waals surface area contributed by atoms with Crippen LogP contribution < -0.4 is 5.32 Å². The van der Waals surface area contributed by atoms with Crippen molar-refractivity contribution >= 4 is 21.6 Å². The average molecular weight is 458 g/mol. The first-order valence-corrected chi connectivity index (χ1v) is 11.7. The van der Waals surface area contributed by atoms with E-state index in [1.807, 2.05) is 0 Å². The smallest absolute Gasteiger partial charge is 0.233 e. The Morgan fingerprint density at radius 2 is 1.69 bits per heavy atom. The SMILES string of the molecule is CC(C)(O)c1cnc(NC(=O)C(Cc2ccc(F)cc2)c2ccc(S(C)(=O)=O)cc2)cn1. The zero-order valence-electron chi connectivity index (χ0n) is 17.9. The topological polar surface area (TPSA) is 109 Å². The molecule has 1 atom stereocenters. The highest BCUT2D eigenvalue weighted by Crippen LogP contribution is 2.25. The standard InChI is InChI=1S/C23H24FN3O4S/c1-23(2,29)20-13-26-21(14-25-20)27-22(28)19(12-15-4-8-17(24)9-5-15)16-6-10-18(11-7-16)32(3,30)31/h4-11,13-14,19,29H,12H2,1-3H3,(H,26,27,28). The lowest BCUT2D eigenvalue weighted by molar-refractivity contribution is -0.117. The van der Waals surface area contributed by atoms with E-state index in [4.69, 9.17) is 0 Å². The van der Waals surface area contributed by atoms with Gasteiger partial charge in [-0.25, -0.2) is 17.8 Å². The van der Waals surface area contributed by atoms with Crippen molar-refractivity contribution in [2.24, 2.45) is 0 Å². The van der Waals surface area contributed by atoms with E-state index in [9.17, 15) is 22.7 Å². The number of nitrogens with one attached hydrogen (secondary N) is 1. The quantitative estimate of drug-likeness (QED) is 0.564. The summed E-state index contributed by atoms with van der Waals surface area (Å²) in [5.74, 6) is -1.24. The minimum Gasteiger partial charge on any atom is -0.384 e. The van der Waals surface area contributed by atoms with Crippen LogP contribution in [0.1, 0.15) is 36.6 Å². The number of halogens is 1. The molecular weight excluding hydrogens is 433 g/mol. The predicted octanol–water partition coefficient (Wildman–Crippen LogP) is 3.21. The number of carbonyl (C=O) groups excluding carboxylic acids is 1. The predicted molar refractivity (Wildman–Crippen MR) is 118 cm³/mol. The van der Waals surface area contributed by atoms with E-state index in [0.29, 0.717) is 11.3 Å². The molecule has 0 saturated heterocycles. The molecule has 2 N–H and O–H groups in total. The zero-order valence-corrected chi connectivity index (χ0v) is 18.7. The van der Waals surface area contributed by atoms with Gasteiger partial charge in [0.2, 0.25) is 5.91 Å². The second kappa shape index (κ2) is 9.13. The van der Waals surface area contributed by atoms with Gasteiger partial charge in [0.15, 0.2) is 15.7 Å². The normalized spacial score (nSPS) is 12.9. The lowest BCUT2D eigenvalue weighted by Gasteiger charge is -2.19. The lowest BCUT2D eigenvalue weighted by atomic mass is 9.91. The van der Waals surface area contributed by atoms with Crippen LogP contribution in [0.4, 0.5) is 10.2 Å². The number of hydrogen-bond acceptors (Lipinski definition) is 6. The summed E-state index contributed by atoms with van der Waals surface area (Å²) in [5, 5.41) is 12.7. The molecule has 2 aromatic carbocycles. The van der Waals surface area contributed by atoms with Gasteiger partial charge in [0, 0.05) is 6.26 Å². The lowest BCUT2D eigenvalue weighted by Crippen LogP contribution is -2.24. The molecule has 0 saturated carbocycles. The van der Waals surface area contributed by atoms with Crippen molar-refractivity contribution in [1.29, 1.82) is 0 Å². The third-order valence-corrected chi connectivity index (χ3v) is 6.04. The molecular formula is C23H24FN3O4S. The molecule has 1 amide bonds. The van der Waals surface area contributed by atoms with E-state index in [1.165, 1.54) is 36.7 Å². The van der Waals surface area contributed by atoms with E-state index in [1.54, 1.807) is 38.1 Å². The fourth-order valence-electron chi connectivity index (χ4n) is 3.09. The van der Waals surface area contributed by atoms with E-state index in [-0.39, 0.29) is 28.9 Å². The van der Waals surface area contributed by atoms with E-state index >= 15 is 0 Å². The second-order valence-electron chi connectivity index (χ2n) is 8.06. The maximum atomic E-state index is 13.3. The zero-order chi connectivity index (χ0) is 23.5. The van der Waals surface area contributed by atoms with Crippen molar-refractivity contribution in [3.8, 4) is 0 Å². The number of sulfone groups is 1. The molecule has 7 nitrogen and oxygen atoms in total. The highest BCUT2D eigenvalue weighted by Gasteiger charge is 2.23. The number of amides is 1. The molecule has 1 aromatic heterocycles. The third-order valence-electron chi connectivity index (χ3n) is 4.91. The van der Waals surface area contributed by atoms with Crippen LogP contribution in [0, 0.1) is 5.82 Å². The molecule has 9 heteroatoms. The number of carbonyl (C=O) groups is 1. The van der Waals surface area contributed by atoms with Crippen LogP contribution in [0.3, 0.4) is 0 Å². The Kier molecular flexibility index (Phi) is 6.71. The summed E-state index contributed by atoms with van der Waals surface area (Å²) < 4.78 is 36.8. The molecule has 1 unspecified atom stereocenters. The Labute approximate surface area is 186 Å². The van der Waals surface area contributed by atoms with Gasteiger partial charge in [0.25, 0.3) is 0 Å². The minimum absolute atomic E-state index is 0.148. The number of nitrogens with zero attached hydrogens (tertiary/aromatic N) is 2. The Balaban J connectivity index is 1.88. The fourth-order valence-corrected chi connectivity index (χ4v) is 3.72. The number of aromatic nitrogens is 2. The number of hydrogen-bond donors (Lipinski definition) is 2. The maximum Gasteiger partial charge on any atom is 0.233 e. The van der Waals surface area contributed by atoms with Crippen molar-refractivity contribution in [2.45, 2.75) is 36.7 Å². The second-order valence-corrected chi connectivity index (χ2v) is 10.1. The number of anilines is 1. The Morgan fingerprint density at radius 3 is 2.19 bits per heavy atom. The summed E-state index contributed by atoms with van der Waals surface area (Å²) in [6.45, 7) is 3.16. The van der Waals surface area contributed by atoms with Gasteiger partial charge in [-0.3, -0.25) is 9.78 Å². The molecule has 32 heavy (non-hydrogen) atoms. The Morgan fingerprint density at radius 1 is 1.06 bits per heavy atom. The molecule has 0 spiro atoms. The van der Waals surface area contributed by atoms with Crippen LogP contribution in [-0.4, -0.2) is 35.7 Å². The van der Waals surface area contributed by atoms with Crippen LogP contribution in [0.25, 0.3) is 0 Å². The summed E-state index contributed by atoms with van der Waals surface area (Å²) in [6.07, 6.45) is 4.11. The summed E-state index contributed by atoms with van der Waals surface area (Å²) in [4.78, 5) is 21.6. The molecule has 0 aliphatic heterocycles. The van der Waals surface area contributed by atoms with Gasteiger partial charge in [-0.05, 0) is 55.7 Å². The molecule has 0 aliphatic carbocycles. The van der Waals surface area contributed by atoms with Gasteiger partial charge in [-0.1, -0.05) is 24.3 Å². The monoisotopic (exact) mass is 457 g/mol. The Hall–Kier alpha value is -3.17. The van der Waals surface area contributed by atoms with Crippen LogP contribution in [0.2, 0.25) is 0 Å². The number of rotatable bonds is 7. The minimum atomic E-state index is -3.37. The first kappa shape index (κ1) is 23.5. The van der Waals surface area contributed by atoms with Crippen molar-refractivity contribution in [3.63, 3.8) is 0 Å². The molecule has 168 valence electrons. The van der Waals surface area contributed by atoms with Crippen LogP contribution >= 0.6 is 0 Å². The van der Waals surface area contributed by atoms with Gasteiger partial charge < -0.3 is 10.4 Å². The van der Waals surface area contributed by atoms with Crippen molar-refractivity contribution in [1.82, 2.24) is 9.97 Å². The van der Waals surface area contributed by atoms with Gasteiger partial charge in [0.05, 0.1) is 28.9 Å². The molecule has 0 bridgehead atoms. The van der Waals surface area contributed by atoms with E-state index < -0.39 is 21.4 Å². The van der Waals surface area contributed by atoms with Gasteiger partial charge in [-0.15, -0.1) is 0 Å². The summed E-state index contributed by atoms with van der Waals surface area (Å²) >= 11 is 0.